The first-order valence-corrected chi connectivity index (χ1v) is 7.39. The first kappa shape index (κ1) is 20.8. The molecule has 2 amide bonds. The fourth-order valence-corrected chi connectivity index (χ4v) is 1.53. The van der Waals surface area contributed by atoms with Crippen molar-refractivity contribution in [2.75, 3.05) is 13.2 Å². The number of carbonyl (C=O) groups excluding carboxylic acids is 2. The zero-order chi connectivity index (χ0) is 17.9. The molecule has 1 atom stereocenters. The lowest BCUT2D eigenvalue weighted by Gasteiger charge is -2.22. The van der Waals surface area contributed by atoms with E-state index in [0.717, 1.165) is 0 Å². The molecule has 23 heavy (non-hydrogen) atoms. The number of ether oxygens (including phenoxy) is 2. The molecule has 8 heteroatoms. The van der Waals surface area contributed by atoms with E-state index >= 15 is 0 Å². The summed E-state index contributed by atoms with van der Waals surface area (Å²) in [5.41, 5.74) is -0.695. The minimum absolute atomic E-state index is 0.168. The van der Waals surface area contributed by atoms with Crippen LogP contribution in [-0.4, -0.2) is 48.1 Å². The first-order chi connectivity index (χ1) is 10.7. The Labute approximate surface area is 136 Å². The van der Waals surface area contributed by atoms with E-state index < -0.39 is 29.8 Å². The van der Waals surface area contributed by atoms with Gasteiger partial charge >= 0.3 is 18.2 Å². The second-order valence-electron chi connectivity index (χ2n) is 5.84. The van der Waals surface area contributed by atoms with Crippen LogP contribution >= 0.6 is 0 Å². The summed E-state index contributed by atoms with van der Waals surface area (Å²) in [7, 11) is 0. The van der Waals surface area contributed by atoms with Crippen molar-refractivity contribution in [1.82, 2.24) is 10.6 Å². The van der Waals surface area contributed by atoms with Crippen LogP contribution in [0.1, 0.15) is 40.0 Å². The maximum Gasteiger partial charge on any atom is 0.408 e. The number of carboxylic acids is 1. The summed E-state index contributed by atoms with van der Waals surface area (Å²) in [4.78, 5) is 33.8. The van der Waals surface area contributed by atoms with Crippen LogP contribution in [0.3, 0.4) is 0 Å². The SMILES string of the molecule is C=CCNC(=O)OCCCC[C@H](NC(=O)OC(C)(C)C)C(=O)O. The van der Waals surface area contributed by atoms with Crippen LogP contribution < -0.4 is 10.6 Å². The van der Waals surface area contributed by atoms with Crippen molar-refractivity contribution in [2.24, 2.45) is 0 Å². The van der Waals surface area contributed by atoms with Gasteiger partial charge in [0, 0.05) is 6.54 Å². The highest BCUT2D eigenvalue weighted by molar-refractivity contribution is 5.79. The van der Waals surface area contributed by atoms with E-state index in [-0.39, 0.29) is 13.0 Å². The number of carboxylic acid groups (broad SMARTS) is 1. The van der Waals surface area contributed by atoms with E-state index in [9.17, 15) is 14.4 Å². The smallest absolute Gasteiger partial charge is 0.408 e. The number of carbonyl (C=O) groups is 3. The summed E-state index contributed by atoms with van der Waals surface area (Å²) in [5.74, 6) is -1.14. The van der Waals surface area contributed by atoms with Crippen molar-refractivity contribution in [3.8, 4) is 0 Å². The Bertz CT molecular complexity index is 417. The van der Waals surface area contributed by atoms with Crippen molar-refractivity contribution in [3.05, 3.63) is 12.7 Å². The zero-order valence-corrected chi connectivity index (χ0v) is 13.9. The van der Waals surface area contributed by atoms with Crippen LogP contribution in [0.2, 0.25) is 0 Å². The Morgan fingerprint density at radius 2 is 1.87 bits per heavy atom. The normalized spacial score (nSPS) is 12.0. The van der Waals surface area contributed by atoms with Gasteiger partial charge in [-0.1, -0.05) is 6.08 Å². The third-order valence-electron chi connectivity index (χ3n) is 2.50. The van der Waals surface area contributed by atoms with Gasteiger partial charge in [-0.25, -0.2) is 14.4 Å². The first-order valence-electron chi connectivity index (χ1n) is 7.39. The minimum Gasteiger partial charge on any atom is -0.480 e. The lowest BCUT2D eigenvalue weighted by atomic mass is 10.1. The molecular formula is C15H26N2O6. The fourth-order valence-electron chi connectivity index (χ4n) is 1.53. The van der Waals surface area contributed by atoms with E-state index in [2.05, 4.69) is 17.2 Å². The van der Waals surface area contributed by atoms with Crippen LogP contribution in [0.25, 0.3) is 0 Å². The predicted octanol–water partition coefficient (Wildman–Crippen LogP) is 2.05. The molecule has 3 N–H and O–H groups in total. The highest BCUT2D eigenvalue weighted by Gasteiger charge is 2.23. The van der Waals surface area contributed by atoms with Crippen molar-refractivity contribution < 1.29 is 29.0 Å². The quantitative estimate of drug-likeness (QED) is 0.440. The molecule has 0 saturated carbocycles. The molecule has 0 aliphatic heterocycles. The standard InChI is InChI=1S/C15H26N2O6/c1-5-9-16-13(20)22-10-7-6-8-11(12(18)19)17-14(21)23-15(2,3)4/h5,11H,1,6-10H2,2-4H3,(H,16,20)(H,17,21)(H,18,19)/t11-/m0/s1. The van der Waals surface area contributed by atoms with Crippen LogP contribution in [-0.2, 0) is 14.3 Å². The Hall–Kier alpha value is -2.25. The summed E-state index contributed by atoms with van der Waals surface area (Å²) in [6.07, 6.45) is 1.38. The molecular weight excluding hydrogens is 304 g/mol. The van der Waals surface area contributed by atoms with Gasteiger partial charge < -0.3 is 25.2 Å². The maximum absolute atomic E-state index is 11.6. The number of hydrogen-bond acceptors (Lipinski definition) is 5. The molecule has 0 aromatic rings. The molecule has 0 spiro atoms. The fraction of sp³-hybridized carbons (Fsp3) is 0.667. The summed E-state index contributed by atoms with van der Waals surface area (Å²) < 4.78 is 9.89. The van der Waals surface area contributed by atoms with Crippen molar-refractivity contribution in [2.45, 2.75) is 51.7 Å². The molecule has 0 rings (SSSR count). The number of hydrogen-bond donors (Lipinski definition) is 3. The topological polar surface area (TPSA) is 114 Å². The minimum atomic E-state index is -1.14. The molecule has 0 aliphatic rings. The molecule has 0 aliphatic carbocycles. The Morgan fingerprint density at radius 3 is 2.39 bits per heavy atom. The van der Waals surface area contributed by atoms with Gasteiger partial charge in [0.05, 0.1) is 6.61 Å². The third-order valence-corrected chi connectivity index (χ3v) is 2.50. The van der Waals surface area contributed by atoms with Gasteiger partial charge in [-0.3, -0.25) is 0 Å². The number of aliphatic carboxylic acids is 1. The largest absolute Gasteiger partial charge is 0.480 e. The monoisotopic (exact) mass is 330 g/mol. The lowest BCUT2D eigenvalue weighted by molar-refractivity contribution is -0.139. The number of unbranched alkanes of at least 4 members (excludes halogenated alkanes) is 1. The third kappa shape index (κ3) is 12.0. The molecule has 8 nitrogen and oxygen atoms in total. The number of amides is 2. The highest BCUT2D eigenvalue weighted by atomic mass is 16.6. The molecule has 0 aromatic carbocycles. The average molecular weight is 330 g/mol. The van der Waals surface area contributed by atoms with Crippen LogP contribution in [0.15, 0.2) is 12.7 Å². The molecule has 0 aromatic heterocycles. The van der Waals surface area contributed by atoms with Gasteiger partial charge in [0.25, 0.3) is 0 Å². The van der Waals surface area contributed by atoms with E-state index in [1.165, 1.54) is 6.08 Å². The van der Waals surface area contributed by atoms with Crippen LogP contribution in [0.5, 0.6) is 0 Å². The summed E-state index contributed by atoms with van der Waals surface area (Å²) in [6, 6.07) is -1.04. The zero-order valence-electron chi connectivity index (χ0n) is 13.9. The van der Waals surface area contributed by atoms with Gasteiger partial charge in [-0.05, 0) is 40.0 Å². The number of rotatable bonds is 9. The molecule has 132 valence electrons. The van der Waals surface area contributed by atoms with Crippen molar-refractivity contribution >= 4 is 18.2 Å². The molecule has 0 heterocycles. The summed E-state index contributed by atoms with van der Waals surface area (Å²) >= 11 is 0. The molecule has 0 radical (unpaired) electrons. The van der Waals surface area contributed by atoms with Crippen LogP contribution in [0, 0.1) is 0 Å². The van der Waals surface area contributed by atoms with E-state index in [1.807, 2.05) is 0 Å². The van der Waals surface area contributed by atoms with E-state index in [4.69, 9.17) is 14.6 Å². The van der Waals surface area contributed by atoms with Crippen LogP contribution in [0.4, 0.5) is 9.59 Å². The summed E-state index contributed by atoms with van der Waals surface area (Å²) in [5, 5.41) is 13.8. The molecule has 0 unspecified atom stereocenters. The van der Waals surface area contributed by atoms with Crippen molar-refractivity contribution in [3.63, 3.8) is 0 Å². The van der Waals surface area contributed by atoms with E-state index in [1.54, 1.807) is 20.8 Å². The Kier molecular flexibility index (Phi) is 9.45. The second kappa shape index (κ2) is 10.5. The van der Waals surface area contributed by atoms with Gasteiger partial charge in [0.2, 0.25) is 0 Å². The van der Waals surface area contributed by atoms with Gasteiger partial charge in [-0.15, -0.1) is 6.58 Å². The molecule has 0 bridgehead atoms. The number of nitrogens with one attached hydrogen (secondary N) is 2. The van der Waals surface area contributed by atoms with Gasteiger partial charge in [0.15, 0.2) is 0 Å². The maximum atomic E-state index is 11.6. The predicted molar refractivity (Wildman–Crippen MR) is 84.2 cm³/mol. The summed E-state index contributed by atoms with van der Waals surface area (Å²) in [6.45, 7) is 9.02. The Morgan fingerprint density at radius 1 is 1.22 bits per heavy atom. The van der Waals surface area contributed by atoms with Gasteiger partial charge in [-0.2, -0.15) is 0 Å². The molecule has 0 fully saturated rings. The highest BCUT2D eigenvalue weighted by Crippen LogP contribution is 2.08. The average Bonchev–Trinajstić information content (AvgIpc) is 2.41. The van der Waals surface area contributed by atoms with Gasteiger partial charge in [0.1, 0.15) is 11.6 Å². The van der Waals surface area contributed by atoms with E-state index in [0.29, 0.717) is 19.4 Å². The van der Waals surface area contributed by atoms with Crippen molar-refractivity contribution in [1.29, 1.82) is 0 Å². The molecule has 0 saturated heterocycles. The lowest BCUT2D eigenvalue weighted by Crippen LogP contribution is -2.43. The Balaban J connectivity index is 4.02. The number of alkyl carbamates (subject to hydrolysis) is 2. The second-order valence-corrected chi connectivity index (χ2v) is 5.84.